The molecule has 2 atom stereocenters. The molecule has 3 nitrogen and oxygen atoms in total. The molecule has 12 heavy (non-hydrogen) atoms. The largest absolute Gasteiger partial charge is 0.451 e. The molecule has 1 heterocycles. The Balaban J connectivity index is 2.00. The van der Waals surface area contributed by atoms with Crippen molar-refractivity contribution >= 4 is 7.12 Å². The van der Waals surface area contributed by atoms with Crippen molar-refractivity contribution in [1.82, 2.24) is 5.32 Å². The van der Waals surface area contributed by atoms with Crippen LogP contribution >= 0.6 is 0 Å². The van der Waals surface area contributed by atoms with Crippen LogP contribution in [0, 0.1) is 5.92 Å². The summed E-state index contributed by atoms with van der Waals surface area (Å²) in [4.78, 5) is 0. The van der Waals surface area contributed by atoms with Gasteiger partial charge in [-0.05, 0) is 38.5 Å². The molecule has 70 valence electrons. The van der Waals surface area contributed by atoms with Crippen molar-refractivity contribution in [3.8, 4) is 0 Å². The Morgan fingerprint density at radius 3 is 2.75 bits per heavy atom. The Kier molecular flexibility index (Phi) is 4.05. The van der Waals surface area contributed by atoms with Crippen molar-refractivity contribution in [3.05, 3.63) is 0 Å². The molecule has 1 rings (SSSR count). The van der Waals surface area contributed by atoms with E-state index >= 15 is 0 Å². The fraction of sp³-hybridized carbons (Fsp3) is 1.00. The molecule has 4 heteroatoms. The number of hydrogen-bond acceptors (Lipinski definition) is 3. The van der Waals surface area contributed by atoms with E-state index in [0.717, 1.165) is 25.3 Å². The molecular formula is C8H18BNO2. The first-order valence-electron chi connectivity index (χ1n) is 4.78. The smallest absolute Gasteiger partial charge is 0.427 e. The van der Waals surface area contributed by atoms with Gasteiger partial charge in [0.05, 0.1) is 0 Å². The minimum absolute atomic E-state index is 0.519. The lowest BCUT2D eigenvalue weighted by Gasteiger charge is -2.06. The van der Waals surface area contributed by atoms with E-state index in [1.54, 1.807) is 0 Å². The Morgan fingerprint density at radius 1 is 1.50 bits per heavy atom. The van der Waals surface area contributed by atoms with Crippen LogP contribution < -0.4 is 5.32 Å². The summed E-state index contributed by atoms with van der Waals surface area (Å²) in [6.45, 7) is 3.30. The summed E-state index contributed by atoms with van der Waals surface area (Å²) in [6, 6.07) is 0.647. The van der Waals surface area contributed by atoms with Crippen LogP contribution in [0.2, 0.25) is 6.32 Å². The highest BCUT2D eigenvalue weighted by Gasteiger charge is 2.20. The molecular weight excluding hydrogens is 153 g/mol. The lowest BCUT2D eigenvalue weighted by Crippen LogP contribution is -2.16. The van der Waals surface area contributed by atoms with Crippen LogP contribution in [0.3, 0.4) is 0 Å². The van der Waals surface area contributed by atoms with Gasteiger partial charge in [-0.3, -0.25) is 0 Å². The SMILES string of the molecule is C[C@@H]1C[C@@H](CCCB(O)O)CN1. The van der Waals surface area contributed by atoms with Crippen LogP contribution in [0.25, 0.3) is 0 Å². The molecule has 1 fully saturated rings. The molecule has 0 saturated carbocycles. The van der Waals surface area contributed by atoms with E-state index in [0.29, 0.717) is 12.4 Å². The number of hydrogen-bond donors (Lipinski definition) is 3. The van der Waals surface area contributed by atoms with Gasteiger partial charge in [0.1, 0.15) is 0 Å². The van der Waals surface area contributed by atoms with E-state index in [4.69, 9.17) is 10.0 Å². The summed E-state index contributed by atoms with van der Waals surface area (Å²) in [7, 11) is -1.11. The second-order valence-electron chi connectivity index (χ2n) is 3.82. The Hall–Kier alpha value is -0.0551. The molecule has 0 unspecified atom stereocenters. The van der Waals surface area contributed by atoms with Gasteiger partial charge in [0, 0.05) is 6.04 Å². The maximum atomic E-state index is 8.62. The van der Waals surface area contributed by atoms with Crippen LogP contribution in [0.1, 0.15) is 26.2 Å². The topological polar surface area (TPSA) is 52.5 Å². The van der Waals surface area contributed by atoms with Gasteiger partial charge in [-0.25, -0.2) is 0 Å². The summed E-state index contributed by atoms with van der Waals surface area (Å²) in [5.41, 5.74) is 0. The van der Waals surface area contributed by atoms with E-state index in [9.17, 15) is 0 Å². The fourth-order valence-corrected chi connectivity index (χ4v) is 1.84. The molecule has 1 aliphatic rings. The van der Waals surface area contributed by atoms with Crippen molar-refractivity contribution < 1.29 is 10.0 Å². The lowest BCUT2D eigenvalue weighted by molar-refractivity contribution is 0.397. The maximum absolute atomic E-state index is 8.62. The second-order valence-corrected chi connectivity index (χ2v) is 3.82. The van der Waals surface area contributed by atoms with Gasteiger partial charge in [0.25, 0.3) is 0 Å². The van der Waals surface area contributed by atoms with Gasteiger partial charge < -0.3 is 15.4 Å². The molecule has 0 aliphatic carbocycles. The Bertz CT molecular complexity index is 132. The van der Waals surface area contributed by atoms with Crippen molar-refractivity contribution in [1.29, 1.82) is 0 Å². The summed E-state index contributed by atoms with van der Waals surface area (Å²) >= 11 is 0. The van der Waals surface area contributed by atoms with Gasteiger partial charge in [-0.1, -0.05) is 6.42 Å². The summed E-state index contributed by atoms with van der Waals surface area (Å²) in [6.07, 6.45) is 3.80. The highest BCUT2D eigenvalue weighted by atomic mass is 16.4. The van der Waals surface area contributed by atoms with Gasteiger partial charge >= 0.3 is 7.12 Å². The van der Waals surface area contributed by atoms with E-state index in [-0.39, 0.29) is 0 Å². The van der Waals surface area contributed by atoms with E-state index in [2.05, 4.69) is 12.2 Å². The normalized spacial score (nSPS) is 29.2. The minimum Gasteiger partial charge on any atom is -0.427 e. The van der Waals surface area contributed by atoms with Crippen molar-refractivity contribution in [2.24, 2.45) is 5.92 Å². The number of rotatable bonds is 4. The third-order valence-electron chi connectivity index (χ3n) is 2.52. The highest BCUT2D eigenvalue weighted by Crippen LogP contribution is 2.19. The predicted molar refractivity (Wildman–Crippen MR) is 49.8 cm³/mol. The average Bonchev–Trinajstić information content (AvgIpc) is 2.35. The third kappa shape index (κ3) is 3.56. The monoisotopic (exact) mass is 171 g/mol. The van der Waals surface area contributed by atoms with Crippen molar-refractivity contribution in [3.63, 3.8) is 0 Å². The summed E-state index contributed by atoms with van der Waals surface area (Å²) < 4.78 is 0. The van der Waals surface area contributed by atoms with Gasteiger partial charge in [-0.15, -0.1) is 0 Å². The van der Waals surface area contributed by atoms with Crippen LogP contribution in [0.15, 0.2) is 0 Å². The molecule has 0 bridgehead atoms. The summed E-state index contributed by atoms with van der Waals surface area (Å²) in [5.74, 6) is 0.749. The van der Waals surface area contributed by atoms with Crippen LogP contribution in [-0.4, -0.2) is 29.8 Å². The maximum Gasteiger partial charge on any atom is 0.451 e. The molecule has 1 aliphatic heterocycles. The van der Waals surface area contributed by atoms with Gasteiger partial charge in [-0.2, -0.15) is 0 Å². The zero-order valence-corrected chi connectivity index (χ0v) is 7.66. The fourth-order valence-electron chi connectivity index (χ4n) is 1.84. The van der Waals surface area contributed by atoms with E-state index < -0.39 is 7.12 Å². The Morgan fingerprint density at radius 2 is 2.25 bits per heavy atom. The summed E-state index contributed by atoms with van der Waals surface area (Å²) in [5, 5.41) is 20.6. The molecule has 0 amide bonds. The quantitative estimate of drug-likeness (QED) is 0.531. The first-order valence-corrected chi connectivity index (χ1v) is 4.78. The van der Waals surface area contributed by atoms with Crippen LogP contribution in [0.4, 0.5) is 0 Å². The highest BCUT2D eigenvalue weighted by molar-refractivity contribution is 6.40. The van der Waals surface area contributed by atoms with Crippen LogP contribution in [-0.2, 0) is 0 Å². The zero-order valence-electron chi connectivity index (χ0n) is 7.66. The molecule has 1 saturated heterocycles. The molecule has 0 aromatic heterocycles. The van der Waals surface area contributed by atoms with E-state index in [1.807, 2.05) is 0 Å². The first kappa shape index (κ1) is 10.0. The number of nitrogens with one attached hydrogen (secondary N) is 1. The lowest BCUT2D eigenvalue weighted by atomic mass is 9.82. The standard InChI is InChI=1S/C8H18BNO2/c1-7-5-8(6-10-7)3-2-4-9(11)12/h7-8,10-12H,2-6H2,1H3/t7-,8-/m1/s1. The van der Waals surface area contributed by atoms with Crippen LogP contribution in [0.5, 0.6) is 0 Å². The first-order chi connectivity index (χ1) is 5.68. The molecule has 0 spiro atoms. The second kappa shape index (κ2) is 4.85. The van der Waals surface area contributed by atoms with Crippen molar-refractivity contribution in [2.45, 2.75) is 38.5 Å². The zero-order chi connectivity index (χ0) is 8.97. The third-order valence-corrected chi connectivity index (χ3v) is 2.52. The van der Waals surface area contributed by atoms with Crippen molar-refractivity contribution in [2.75, 3.05) is 6.54 Å². The predicted octanol–water partition coefficient (Wildman–Crippen LogP) is 0.237. The average molecular weight is 171 g/mol. The minimum atomic E-state index is -1.11. The molecule has 0 aromatic carbocycles. The molecule has 0 aromatic rings. The molecule has 3 N–H and O–H groups in total. The Labute approximate surface area is 74.3 Å². The molecule has 0 radical (unpaired) electrons. The van der Waals surface area contributed by atoms with E-state index in [1.165, 1.54) is 6.42 Å². The van der Waals surface area contributed by atoms with Gasteiger partial charge in [0.15, 0.2) is 0 Å². The van der Waals surface area contributed by atoms with Gasteiger partial charge in [0.2, 0.25) is 0 Å².